The number of sulfonamides is 2. The van der Waals surface area contributed by atoms with Gasteiger partial charge < -0.3 is 19.8 Å². The van der Waals surface area contributed by atoms with Crippen LogP contribution in [0.25, 0.3) is 22.2 Å². The van der Waals surface area contributed by atoms with E-state index < -0.39 is 37.7 Å². The van der Waals surface area contributed by atoms with Gasteiger partial charge >= 0.3 is 0 Å². The maximum absolute atomic E-state index is 13.7. The van der Waals surface area contributed by atoms with E-state index in [4.69, 9.17) is 16.3 Å². The highest BCUT2D eigenvalue weighted by atomic mass is 35.5. The molecular weight excluding hydrogens is 634 g/mol. The Labute approximate surface area is 258 Å². The summed E-state index contributed by atoms with van der Waals surface area (Å²) >= 11 is 6.07. The number of carbonyl (C=O) groups excluding carboxylic acids is 1. The Morgan fingerprint density at radius 1 is 1.02 bits per heavy atom. The number of morpholine rings is 1. The third-order valence-corrected chi connectivity index (χ3v) is 11.6. The van der Waals surface area contributed by atoms with E-state index in [-0.39, 0.29) is 56.8 Å². The molecule has 2 fully saturated rings. The number of hydrogen-bond acceptors (Lipinski definition) is 9. The molecule has 0 bridgehead atoms. The SMILES string of the molecule is O=C(c1ncc(-c2cccc[n+]2[O-])cn1)N1CCN(S(=O)(=O)c2cc3cc(Cl)ccc3[nH]2)CC1CS(=O)(=O)N1CCOCC1. The molecule has 1 unspecified atom stereocenters. The highest BCUT2D eigenvalue weighted by molar-refractivity contribution is 7.89. The molecule has 2 aliphatic heterocycles. The standard InChI is InChI=1S/C27H28ClN7O7S2/c28-21-4-5-23-19(13-21)14-25(31-23)44(40,41)33-7-8-34(22(17-33)18-43(38,39)32-9-11-42-12-10-32)27(36)26-29-15-20(16-30-26)24-3-1-2-6-35(24)37/h1-6,13-16,22,31H,7-12,17-18H2. The minimum absolute atomic E-state index is 0.0697. The summed E-state index contributed by atoms with van der Waals surface area (Å²) in [6, 6.07) is 10.2. The summed E-state index contributed by atoms with van der Waals surface area (Å²) in [7, 11) is -8.00. The van der Waals surface area contributed by atoms with Crippen molar-refractivity contribution in [3.05, 3.63) is 77.1 Å². The van der Waals surface area contributed by atoms with Crippen LogP contribution in [-0.2, 0) is 24.8 Å². The Bertz CT molecular complexity index is 1910. The third-order valence-electron chi connectivity index (χ3n) is 7.61. The number of carbonyl (C=O) groups is 1. The van der Waals surface area contributed by atoms with Gasteiger partial charge in [-0.05, 0) is 30.3 Å². The average molecular weight is 662 g/mol. The van der Waals surface area contributed by atoms with Gasteiger partial charge in [0.1, 0.15) is 5.03 Å². The first-order chi connectivity index (χ1) is 21.0. The number of rotatable bonds is 7. The molecule has 0 spiro atoms. The molecule has 44 heavy (non-hydrogen) atoms. The van der Waals surface area contributed by atoms with Crippen molar-refractivity contribution < 1.29 is 31.1 Å². The molecule has 4 aromatic rings. The van der Waals surface area contributed by atoms with Gasteiger partial charge in [-0.2, -0.15) is 13.3 Å². The van der Waals surface area contributed by atoms with E-state index in [2.05, 4.69) is 15.0 Å². The maximum atomic E-state index is 13.7. The van der Waals surface area contributed by atoms with Crippen LogP contribution in [-0.4, -0.2) is 109 Å². The number of halogens is 1. The van der Waals surface area contributed by atoms with Crippen LogP contribution in [0.4, 0.5) is 0 Å². The van der Waals surface area contributed by atoms with Gasteiger partial charge in [0.2, 0.25) is 21.5 Å². The zero-order valence-corrected chi connectivity index (χ0v) is 25.6. The van der Waals surface area contributed by atoms with Gasteiger partial charge in [-0.25, -0.2) is 26.8 Å². The minimum Gasteiger partial charge on any atom is -0.618 e. The molecule has 1 atom stereocenters. The lowest BCUT2D eigenvalue weighted by Gasteiger charge is -2.41. The second kappa shape index (κ2) is 12.0. The molecule has 14 nitrogen and oxygen atoms in total. The van der Waals surface area contributed by atoms with Crippen LogP contribution in [0.1, 0.15) is 10.6 Å². The van der Waals surface area contributed by atoms with Crippen molar-refractivity contribution >= 4 is 48.5 Å². The number of nitrogens with zero attached hydrogens (tertiary/aromatic N) is 6. The van der Waals surface area contributed by atoms with Crippen LogP contribution in [0, 0.1) is 5.21 Å². The lowest BCUT2D eigenvalue weighted by atomic mass is 10.2. The number of aromatic nitrogens is 4. The highest BCUT2D eigenvalue weighted by Crippen LogP contribution is 2.27. The molecule has 6 rings (SSSR count). The molecule has 17 heteroatoms. The van der Waals surface area contributed by atoms with Crippen molar-refractivity contribution in [1.29, 1.82) is 0 Å². The molecule has 0 radical (unpaired) electrons. The Morgan fingerprint density at radius 3 is 2.50 bits per heavy atom. The molecule has 0 saturated carbocycles. The van der Waals surface area contributed by atoms with E-state index >= 15 is 0 Å². The van der Waals surface area contributed by atoms with Gasteiger partial charge in [0.15, 0.2) is 6.20 Å². The summed E-state index contributed by atoms with van der Waals surface area (Å²) in [6.07, 6.45) is 4.01. The highest BCUT2D eigenvalue weighted by Gasteiger charge is 2.41. The fourth-order valence-electron chi connectivity index (χ4n) is 5.33. The molecule has 1 amide bonds. The number of hydrogen-bond donors (Lipinski definition) is 1. The summed E-state index contributed by atoms with van der Waals surface area (Å²) in [5.41, 5.74) is 1.25. The van der Waals surface area contributed by atoms with Gasteiger partial charge in [-0.15, -0.1) is 0 Å². The van der Waals surface area contributed by atoms with Crippen LogP contribution >= 0.6 is 11.6 Å². The summed E-state index contributed by atoms with van der Waals surface area (Å²) in [6.45, 7) is 0.337. The van der Waals surface area contributed by atoms with E-state index in [1.54, 1.807) is 36.4 Å². The zero-order chi connectivity index (χ0) is 31.1. The van der Waals surface area contributed by atoms with Gasteiger partial charge in [0.05, 0.1) is 30.6 Å². The second-order valence-electron chi connectivity index (χ2n) is 10.4. The number of pyridine rings is 1. The largest absolute Gasteiger partial charge is 0.618 e. The number of piperazine rings is 1. The average Bonchev–Trinajstić information content (AvgIpc) is 3.46. The van der Waals surface area contributed by atoms with Crippen LogP contribution in [0.15, 0.2) is 66.1 Å². The number of benzene rings is 1. The first kappa shape index (κ1) is 30.4. The number of H-pyrrole nitrogens is 1. The molecule has 3 aromatic heterocycles. The number of amides is 1. The quantitative estimate of drug-likeness (QED) is 0.225. The first-order valence-corrected chi connectivity index (χ1v) is 17.1. The van der Waals surface area contributed by atoms with Crippen molar-refractivity contribution in [2.24, 2.45) is 0 Å². The number of fused-ring (bicyclic) bond motifs is 1. The molecule has 2 saturated heterocycles. The predicted molar refractivity (Wildman–Crippen MR) is 159 cm³/mol. The van der Waals surface area contributed by atoms with Crippen molar-refractivity contribution in [2.45, 2.75) is 11.1 Å². The van der Waals surface area contributed by atoms with Crippen LogP contribution in [0.3, 0.4) is 0 Å². The Kier molecular flexibility index (Phi) is 8.29. The number of aromatic amines is 1. The summed E-state index contributed by atoms with van der Waals surface area (Å²) in [5, 5.41) is 13.1. The van der Waals surface area contributed by atoms with E-state index in [9.17, 15) is 26.8 Å². The normalized spacial score (nSPS) is 18.9. The van der Waals surface area contributed by atoms with Crippen molar-refractivity contribution in [2.75, 3.05) is 51.7 Å². The maximum Gasteiger partial charge on any atom is 0.292 e. The Morgan fingerprint density at radius 2 is 1.77 bits per heavy atom. The molecule has 232 valence electrons. The van der Waals surface area contributed by atoms with Gasteiger partial charge in [0, 0.05) is 73.2 Å². The number of ether oxygens (including phenoxy) is 1. The third kappa shape index (κ3) is 6.00. The zero-order valence-electron chi connectivity index (χ0n) is 23.2. The fraction of sp³-hybridized carbons (Fsp3) is 0.333. The fourth-order valence-corrected chi connectivity index (χ4v) is 8.69. The predicted octanol–water partition coefficient (Wildman–Crippen LogP) is 1.09. The van der Waals surface area contributed by atoms with Crippen LogP contribution in [0.2, 0.25) is 5.02 Å². The summed E-state index contributed by atoms with van der Waals surface area (Å²) < 4.78 is 62.8. The van der Waals surface area contributed by atoms with Crippen molar-refractivity contribution in [3.8, 4) is 11.3 Å². The lowest BCUT2D eigenvalue weighted by molar-refractivity contribution is -0.593. The van der Waals surface area contributed by atoms with Crippen LogP contribution < -0.4 is 4.73 Å². The molecule has 1 aromatic carbocycles. The minimum atomic E-state index is -4.10. The topological polar surface area (TPSA) is 173 Å². The van der Waals surface area contributed by atoms with E-state index in [0.717, 1.165) is 0 Å². The second-order valence-corrected chi connectivity index (χ2v) is 14.7. The van der Waals surface area contributed by atoms with Gasteiger partial charge in [-0.1, -0.05) is 11.6 Å². The Balaban J connectivity index is 1.29. The summed E-state index contributed by atoms with van der Waals surface area (Å²) in [4.78, 5) is 26.2. The molecular formula is C27H28ClN7O7S2. The molecule has 5 heterocycles. The van der Waals surface area contributed by atoms with Crippen molar-refractivity contribution in [1.82, 2.24) is 28.5 Å². The number of nitrogens with one attached hydrogen (secondary N) is 1. The van der Waals surface area contributed by atoms with Gasteiger partial charge in [-0.3, -0.25) is 4.79 Å². The van der Waals surface area contributed by atoms with E-state index in [1.165, 1.54) is 38.2 Å². The van der Waals surface area contributed by atoms with Gasteiger partial charge in [0.25, 0.3) is 15.9 Å². The first-order valence-electron chi connectivity index (χ1n) is 13.7. The summed E-state index contributed by atoms with van der Waals surface area (Å²) in [5.74, 6) is -1.37. The van der Waals surface area contributed by atoms with E-state index in [0.29, 0.717) is 31.9 Å². The molecule has 1 N–H and O–H groups in total. The smallest absolute Gasteiger partial charge is 0.292 e. The Hall–Kier alpha value is -3.67. The molecule has 0 aliphatic carbocycles. The lowest BCUT2D eigenvalue weighted by Crippen LogP contribution is -2.60. The molecule has 2 aliphatic rings. The monoisotopic (exact) mass is 661 g/mol. The van der Waals surface area contributed by atoms with Crippen molar-refractivity contribution in [3.63, 3.8) is 0 Å². The van der Waals surface area contributed by atoms with E-state index in [1.807, 2.05) is 0 Å². The van der Waals surface area contributed by atoms with Crippen LogP contribution in [0.5, 0.6) is 0 Å².